The van der Waals surface area contributed by atoms with Crippen LogP contribution in [-0.2, 0) is 22.6 Å². The smallest absolute Gasteiger partial charge is 0.333 e. The van der Waals surface area contributed by atoms with Crippen molar-refractivity contribution in [2.24, 2.45) is 0 Å². The third-order valence-electron chi connectivity index (χ3n) is 8.24. The van der Waals surface area contributed by atoms with Crippen LogP contribution in [0.25, 0.3) is 22.1 Å². The lowest BCUT2D eigenvalue weighted by Crippen LogP contribution is -2.51. The van der Waals surface area contributed by atoms with Crippen molar-refractivity contribution in [1.82, 2.24) is 10.6 Å². The van der Waals surface area contributed by atoms with Gasteiger partial charge in [-0.3, -0.25) is 10.1 Å². The number of carbonyl (C=O) groups is 1. The first kappa shape index (κ1) is 30.9. The maximum Gasteiger partial charge on any atom is 0.333 e. The molecule has 1 aromatic heterocycles. The van der Waals surface area contributed by atoms with E-state index in [0.717, 1.165) is 18.2 Å². The number of esters is 1. The lowest BCUT2D eigenvalue weighted by Gasteiger charge is -2.43. The predicted octanol–water partition coefficient (Wildman–Crippen LogP) is 4.69. The largest absolute Gasteiger partial charge is 0.508 e. The number of hydrogen-bond acceptors (Lipinski definition) is 10. The van der Waals surface area contributed by atoms with Crippen molar-refractivity contribution in [2.45, 2.75) is 71.4 Å². The summed E-state index contributed by atoms with van der Waals surface area (Å²) in [5.41, 5.74) is 0.926. The highest BCUT2D eigenvalue weighted by atomic mass is 16.6. The van der Waals surface area contributed by atoms with Gasteiger partial charge >= 0.3 is 5.97 Å². The van der Waals surface area contributed by atoms with Gasteiger partial charge in [0, 0.05) is 29.8 Å². The molecule has 0 aliphatic carbocycles. The van der Waals surface area contributed by atoms with Crippen molar-refractivity contribution < 1.29 is 34.0 Å². The fraction of sp³-hybridized carbons (Fsp3) is 0.353. The monoisotopic (exact) mass is 602 g/mol. The number of aliphatic hydroxyl groups excluding tert-OH is 1. The van der Waals surface area contributed by atoms with Crippen LogP contribution >= 0.6 is 0 Å². The van der Waals surface area contributed by atoms with Crippen molar-refractivity contribution in [3.63, 3.8) is 0 Å². The Hall–Kier alpha value is -4.54. The number of ether oxygens (including phenoxy) is 2. The van der Waals surface area contributed by atoms with E-state index < -0.39 is 29.7 Å². The number of aromatic hydroxyl groups is 2. The number of dihydropyridines is 1. The minimum Gasteiger partial charge on any atom is -0.508 e. The zero-order chi connectivity index (χ0) is 31.6. The molecule has 232 valence electrons. The normalized spacial score (nSPS) is 21.3. The summed E-state index contributed by atoms with van der Waals surface area (Å²) in [6.45, 7) is 7.59. The Morgan fingerprint density at radius 2 is 2.07 bits per heavy atom. The van der Waals surface area contributed by atoms with Gasteiger partial charge in [-0.1, -0.05) is 31.2 Å². The number of likely N-dealkylation sites (N-methyl/N-ethyl adjacent to an activating group) is 1. The highest BCUT2D eigenvalue weighted by molar-refractivity contribution is 6.01. The van der Waals surface area contributed by atoms with Crippen molar-refractivity contribution in [1.29, 1.82) is 0 Å². The molecule has 10 nitrogen and oxygen atoms in total. The Bertz CT molecular complexity index is 1740. The summed E-state index contributed by atoms with van der Waals surface area (Å²) in [7, 11) is 0. The molecule has 10 heteroatoms. The van der Waals surface area contributed by atoms with Crippen LogP contribution in [0.5, 0.6) is 17.2 Å². The maximum absolute atomic E-state index is 13.2. The number of phenols is 2. The summed E-state index contributed by atoms with van der Waals surface area (Å²) in [4.78, 5) is 26.3. The first-order valence-electron chi connectivity index (χ1n) is 14.7. The molecule has 5 N–H and O–H groups in total. The van der Waals surface area contributed by atoms with Crippen LogP contribution in [-0.4, -0.2) is 45.7 Å². The molecule has 2 aromatic carbocycles. The molecule has 0 fully saturated rings. The molecule has 0 bridgehead atoms. The van der Waals surface area contributed by atoms with Crippen LogP contribution in [0.4, 0.5) is 0 Å². The van der Waals surface area contributed by atoms with Gasteiger partial charge in [-0.25, -0.2) is 4.79 Å². The Morgan fingerprint density at radius 1 is 1.27 bits per heavy atom. The van der Waals surface area contributed by atoms with Gasteiger partial charge in [-0.2, -0.15) is 0 Å². The highest BCUT2D eigenvalue weighted by Gasteiger charge is 2.46. The van der Waals surface area contributed by atoms with E-state index in [2.05, 4.69) is 10.6 Å². The number of nitrogens with one attached hydrogen (secondary N) is 2. The Balaban J connectivity index is 1.66. The van der Waals surface area contributed by atoms with E-state index in [1.165, 1.54) is 12.1 Å². The number of benzene rings is 2. The quantitative estimate of drug-likeness (QED) is 0.172. The van der Waals surface area contributed by atoms with Crippen molar-refractivity contribution in [3.8, 4) is 28.4 Å². The molecule has 0 amide bonds. The predicted molar refractivity (Wildman–Crippen MR) is 166 cm³/mol. The second-order valence-electron chi connectivity index (χ2n) is 11.3. The van der Waals surface area contributed by atoms with Crippen LogP contribution in [0, 0.1) is 0 Å². The molecule has 5 rings (SSSR count). The first-order valence-corrected chi connectivity index (χ1v) is 14.7. The van der Waals surface area contributed by atoms with Crippen LogP contribution in [0.1, 0.15) is 51.9 Å². The molecule has 2 aliphatic heterocycles. The molecule has 1 unspecified atom stereocenters. The third-order valence-corrected chi connectivity index (χ3v) is 8.24. The Kier molecular flexibility index (Phi) is 8.85. The fourth-order valence-corrected chi connectivity index (χ4v) is 5.59. The highest BCUT2D eigenvalue weighted by Crippen LogP contribution is 2.51. The van der Waals surface area contributed by atoms with Gasteiger partial charge in [0.2, 0.25) is 0 Å². The number of allylic oxidation sites excluding steroid dienone is 3. The summed E-state index contributed by atoms with van der Waals surface area (Å²) in [6.07, 6.45) is 7.97. The van der Waals surface area contributed by atoms with Gasteiger partial charge in [0.15, 0.2) is 11.0 Å². The van der Waals surface area contributed by atoms with Crippen LogP contribution in [0.2, 0.25) is 0 Å². The molecule has 0 radical (unpaired) electrons. The average Bonchev–Trinajstić information content (AvgIpc) is 3.01. The fourth-order valence-electron chi connectivity index (χ4n) is 5.59. The second-order valence-corrected chi connectivity index (χ2v) is 11.3. The van der Waals surface area contributed by atoms with Gasteiger partial charge in [-0.15, -0.1) is 0 Å². The van der Waals surface area contributed by atoms with E-state index in [1.54, 1.807) is 32.1 Å². The molecule has 2 aliphatic rings. The van der Waals surface area contributed by atoms with Crippen molar-refractivity contribution in [2.75, 3.05) is 6.54 Å². The molecular formula is C34H38N2O8. The van der Waals surface area contributed by atoms with E-state index >= 15 is 0 Å². The minimum absolute atomic E-state index is 0.00912. The molecule has 44 heavy (non-hydrogen) atoms. The number of fused-ring (bicyclic) bond motifs is 2. The van der Waals surface area contributed by atoms with Crippen molar-refractivity contribution >= 4 is 16.9 Å². The maximum atomic E-state index is 13.2. The molecule has 3 aromatic rings. The lowest BCUT2D eigenvalue weighted by molar-refractivity contribution is -0.158. The van der Waals surface area contributed by atoms with Gasteiger partial charge in [0.05, 0.1) is 11.7 Å². The van der Waals surface area contributed by atoms with Gasteiger partial charge in [-0.05, 0) is 69.5 Å². The lowest BCUT2D eigenvalue weighted by atomic mass is 9.82. The number of rotatable bonds is 9. The van der Waals surface area contributed by atoms with Crippen molar-refractivity contribution in [3.05, 3.63) is 87.5 Å². The zero-order valence-corrected chi connectivity index (χ0v) is 25.3. The number of carbonyl (C=O) groups excluding carboxylic acids is 1. The number of phenolic OH excluding ortho intramolecular Hbond substituents is 2. The third kappa shape index (κ3) is 5.95. The molecular weight excluding hydrogens is 564 g/mol. The molecule has 0 spiro atoms. The molecule has 0 saturated heterocycles. The number of aliphatic hydroxyl groups is 1. The van der Waals surface area contributed by atoms with Gasteiger partial charge in [0.1, 0.15) is 46.7 Å². The van der Waals surface area contributed by atoms with Gasteiger partial charge < -0.3 is 34.5 Å². The van der Waals surface area contributed by atoms with E-state index in [9.17, 15) is 24.9 Å². The van der Waals surface area contributed by atoms with Crippen LogP contribution < -0.4 is 20.8 Å². The van der Waals surface area contributed by atoms with E-state index in [-0.39, 0.29) is 52.1 Å². The summed E-state index contributed by atoms with van der Waals surface area (Å²) in [6, 6.07) is 7.51. The molecule has 3 atom stereocenters. The second kappa shape index (κ2) is 12.6. The summed E-state index contributed by atoms with van der Waals surface area (Å²) >= 11 is 0. The van der Waals surface area contributed by atoms with E-state index in [0.29, 0.717) is 29.5 Å². The average molecular weight is 603 g/mol. The first-order chi connectivity index (χ1) is 21.1. The topological polar surface area (TPSA) is 150 Å². The number of hydrogen-bond donors (Lipinski definition) is 5. The standard InChI is InChI=1S/C34H38N2O8/c1-5-19(3)33(41)43-26-16-24-30(40)29-25(39)15-23(18-37)42-32(29)28(21-8-7-9-22(38)14-21)31(24)44-34(26,4)13-12-20-10-11-27(35-6-2)36-17-20/h5,7-11,14-15,17,26-27,35-38,40H,6,12-13,16,18H2,1-4H3/b19-5-/t26-,27?,34+/m1/s1. The van der Waals surface area contributed by atoms with E-state index in [1.807, 2.05) is 32.2 Å². The SMILES string of the molecule is C/C=C(/C)C(=O)O[C@@H]1Cc2c(c(-c3cccc(O)c3)c3oc(CO)cc(=O)c3c2O)O[C@@]1(C)CCC1=CNC(NCC)C=C1. The summed E-state index contributed by atoms with van der Waals surface area (Å²) in [5.74, 6) is -0.627. The van der Waals surface area contributed by atoms with Gasteiger partial charge in [0.25, 0.3) is 0 Å². The summed E-state index contributed by atoms with van der Waals surface area (Å²) < 4.78 is 18.8. The van der Waals surface area contributed by atoms with E-state index in [4.69, 9.17) is 13.9 Å². The van der Waals surface area contributed by atoms with Crippen LogP contribution in [0.15, 0.2) is 75.1 Å². The Labute approximate surface area is 255 Å². The minimum atomic E-state index is -1.08. The van der Waals surface area contributed by atoms with Crippen LogP contribution in [0.3, 0.4) is 0 Å². The summed E-state index contributed by atoms with van der Waals surface area (Å²) in [5, 5.41) is 38.2. The zero-order valence-electron chi connectivity index (χ0n) is 25.3. The Morgan fingerprint density at radius 3 is 2.73 bits per heavy atom. The molecule has 3 heterocycles. The molecule has 0 saturated carbocycles.